The fourth-order valence-corrected chi connectivity index (χ4v) is 5.64. The van der Waals surface area contributed by atoms with E-state index in [4.69, 9.17) is 9.47 Å². The topological polar surface area (TPSA) is 97.4 Å². The molecule has 2 aromatic heterocycles. The molecule has 0 unspecified atom stereocenters. The molecular weight excluding hydrogens is 492 g/mol. The predicted octanol–water partition coefficient (Wildman–Crippen LogP) is 4.19. The summed E-state index contributed by atoms with van der Waals surface area (Å²) in [5, 5.41) is 1.16. The lowest BCUT2D eigenvalue weighted by atomic mass is 10.2. The van der Waals surface area contributed by atoms with Gasteiger partial charge in [-0.1, -0.05) is 6.07 Å². The van der Waals surface area contributed by atoms with Crippen molar-refractivity contribution in [2.75, 3.05) is 18.5 Å². The number of benzene rings is 2. The minimum absolute atomic E-state index is 0.0250. The van der Waals surface area contributed by atoms with Crippen LogP contribution in [0, 0.1) is 0 Å². The Kier molecular flexibility index (Phi) is 5.67. The molecule has 4 aromatic rings. The number of nitrogens with zero attached hydrogens (tertiary/aromatic N) is 3. The molecule has 0 fully saturated rings. The second-order valence-corrected chi connectivity index (χ2v) is 9.73. The summed E-state index contributed by atoms with van der Waals surface area (Å²) in [6.07, 6.45) is 3.10. The summed E-state index contributed by atoms with van der Waals surface area (Å²) in [4.78, 5) is 7.34. The fraction of sp³-hybridized carbons (Fsp3) is 0.158. The Hall–Kier alpha value is -2.63. The zero-order valence-corrected chi connectivity index (χ0v) is 19.2. The molecule has 4 rings (SSSR count). The van der Waals surface area contributed by atoms with E-state index >= 15 is 0 Å². The molecule has 1 N–H and O–H groups in total. The lowest BCUT2D eigenvalue weighted by Crippen LogP contribution is -2.30. The van der Waals surface area contributed by atoms with Crippen LogP contribution in [0.5, 0.6) is 11.5 Å². The molecule has 8 nitrogen and oxygen atoms in total. The number of halogens is 1. The Morgan fingerprint density at radius 3 is 2.70 bits per heavy atom. The number of hydrogen-bond acceptors (Lipinski definition) is 7. The number of aromatic amines is 1. The smallest absolute Gasteiger partial charge is 0.266 e. The third-order valence-electron chi connectivity index (χ3n) is 4.56. The second-order valence-electron chi connectivity index (χ2n) is 6.26. The normalized spacial score (nSPS) is 11.6. The molecule has 0 spiro atoms. The molecule has 0 aliphatic carbocycles. The molecule has 0 bridgehead atoms. The zero-order chi connectivity index (χ0) is 21.3. The van der Waals surface area contributed by atoms with E-state index in [1.807, 2.05) is 0 Å². The molecule has 2 heterocycles. The maximum Gasteiger partial charge on any atom is 0.266 e. The van der Waals surface area contributed by atoms with E-state index in [-0.39, 0.29) is 16.6 Å². The van der Waals surface area contributed by atoms with Crippen LogP contribution in [0.2, 0.25) is 0 Å². The molecule has 2 aromatic carbocycles. The van der Waals surface area contributed by atoms with Gasteiger partial charge >= 0.3 is 0 Å². The number of H-pyrrole nitrogens is 1. The van der Waals surface area contributed by atoms with E-state index in [1.165, 1.54) is 17.7 Å². The first-order chi connectivity index (χ1) is 14.4. The van der Waals surface area contributed by atoms with E-state index < -0.39 is 10.0 Å². The number of fused-ring (bicyclic) bond motifs is 1. The summed E-state index contributed by atoms with van der Waals surface area (Å²) in [6.45, 7) is 0.0250. The molecule has 0 atom stereocenters. The monoisotopic (exact) mass is 508 g/mol. The quantitative estimate of drug-likeness (QED) is 0.401. The highest BCUT2D eigenvalue weighted by atomic mass is 79.9. The number of anilines is 1. The van der Waals surface area contributed by atoms with Gasteiger partial charge in [0, 0.05) is 44.7 Å². The minimum atomic E-state index is -3.93. The average molecular weight is 509 g/mol. The van der Waals surface area contributed by atoms with Gasteiger partial charge in [0.15, 0.2) is 0 Å². The van der Waals surface area contributed by atoms with Gasteiger partial charge in [0.25, 0.3) is 10.0 Å². The largest absolute Gasteiger partial charge is 0.497 e. The van der Waals surface area contributed by atoms with Gasteiger partial charge < -0.3 is 14.5 Å². The van der Waals surface area contributed by atoms with Crippen LogP contribution in [0.1, 0.15) is 5.56 Å². The van der Waals surface area contributed by atoms with Gasteiger partial charge in [0.2, 0.25) is 5.13 Å². The molecule has 0 aliphatic heterocycles. The van der Waals surface area contributed by atoms with Crippen molar-refractivity contribution in [3.05, 3.63) is 59.0 Å². The minimum Gasteiger partial charge on any atom is -0.497 e. The van der Waals surface area contributed by atoms with E-state index in [1.54, 1.807) is 49.7 Å². The van der Waals surface area contributed by atoms with Gasteiger partial charge in [0.05, 0.1) is 25.7 Å². The van der Waals surface area contributed by atoms with E-state index in [9.17, 15) is 8.42 Å². The highest BCUT2D eigenvalue weighted by Crippen LogP contribution is 2.33. The molecule has 0 amide bonds. The van der Waals surface area contributed by atoms with Crippen LogP contribution < -0.4 is 13.8 Å². The van der Waals surface area contributed by atoms with Crippen molar-refractivity contribution >= 4 is 53.5 Å². The van der Waals surface area contributed by atoms with Crippen molar-refractivity contribution in [3.8, 4) is 11.5 Å². The number of methoxy groups -OCH3 is 2. The Labute approximate surface area is 185 Å². The molecule has 0 radical (unpaired) electrons. The molecule has 0 saturated heterocycles. The van der Waals surface area contributed by atoms with E-state index in [0.29, 0.717) is 22.6 Å². The van der Waals surface area contributed by atoms with Crippen molar-refractivity contribution < 1.29 is 17.9 Å². The van der Waals surface area contributed by atoms with Gasteiger partial charge in [-0.05, 0) is 40.2 Å². The van der Waals surface area contributed by atoms with Gasteiger partial charge in [-0.2, -0.15) is 4.37 Å². The number of rotatable bonds is 7. The number of hydrogen-bond donors (Lipinski definition) is 1. The average Bonchev–Trinajstić information content (AvgIpc) is 3.41. The van der Waals surface area contributed by atoms with Crippen molar-refractivity contribution in [2.45, 2.75) is 11.4 Å². The Bertz CT molecular complexity index is 1290. The van der Waals surface area contributed by atoms with Crippen molar-refractivity contribution in [3.63, 3.8) is 0 Å². The maximum absolute atomic E-state index is 13.6. The fourth-order valence-electron chi connectivity index (χ4n) is 3.03. The third-order valence-corrected chi connectivity index (χ3v) is 7.75. The number of aromatic nitrogens is 3. The van der Waals surface area contributed by atoms with Crippen LogP contribution in [-0.4, -0.2) is 37.0 Å². The highest BCUT2D eigenvalue weighted by molar-refractivity contribution is 9.10. The summed E-state index contributed by atoms with van der Waals surface area (Å²) in [5.41, 5.74) is 1.38. The van der Waals surface area contributed by atoms with Gasteiger partial charge in [0.1, 0.15) is 17.8 Å². The standard InChI is InChI=1S/C19H17BrN4O4S2/c1-27-13-4-3-12(18(7-13)28-2)10-24(19-22-11-23-29-19)30(25,26)14-5-6-15-16(20)9-21-17(15)8-14/h3-9,11,21H,10H2,1-2H3. The highest BCUT2D eigenvalue weighted by Gasteiger charge is 2.29. The number of sulfonamides is 1. The van der Waals surface area contributed by atoms with Crippen LogP contribution in [-0.2, 0) is 16.6 Å². The summed E-state index contributed by atoms with van der Waals surface area (Å²) in [5.74, 6) is 1.13. The lowest BCUT2D eigenvalue weighted by molar-refractivity contribution is 0.391. The van der Waals surface area contributed by atoms with Crippen LogP contribution in [0.25, 0.3) is 10.9 Å². The summed E-state index contributed by atoms with van der Waals surface area (Å²) >= 11 is 4.45. The van der Waals surface area contributed by atoms with Crippen molar-refractivity contribution in [1.82, 2.24) is 14.3 Å². The zero-order valence-electron chi connectivity index (χ0n) is 16.0. The third kappa shape index (κ3) is 3.75. The lowest BCUT2D eigenvalue weighted by Gasteiger charge is -2.22. The molecule has 0 aliphatic rings. The number of nitrogens with one attached hydrogen (secondary N) is 1. The van der Waals surface area contributed by atoms with Crippen LogP contribution in [0.15, 0.2) is 58.3 Å². The molecular formula is C19H17BrN4O4S2. The SMILES string of the molecule is COc1ccc(CN(c2ncns2)S(=O)(=O)c2ccc3c(Br)c[nH]c3c2)c(OC)c1. The van der Waals surface area contributed by atoms with Crippen LogP contribution in [0.4, 0.5) is 5.13 Å². The predicted molar refractivity (Wildman–Crippen MR) is 119 cm³/mol. The molecule has 11 heteroatoms. The summed E-state index contributed by atoms with van der Waals surface area (Å²) < 4.78 is 43.9. The summed E-state index contributed by atoms with van der Waals surface area (Å²) in [7, 11) is -0.842. The van der Waals surface area contributed by atoms with Crippen LogP contribution >= 0.6 is 27.5 Å². The summed E-state index contributed by atoms with van der Waals surface area (Å²) in [6, 6.07) is 10.2. The maximum atomic E-state index is 13.6. The first-order valence-electron chi connectivity index (χ1n) is 8.71. The second kappa shape index (κ2) is 8.25. The molecule has 156 valence electrons. The van der Waals surface area contributed by atoms with Gasteiger partial charge in [-0.3, -0.25) is 0 Å². The Balaban J connectivity index is 1.79. The molecule has 30 heavy (non-hydrogen) atoms. The first-order valence-corrected chi connectivity index (χ1v) is 11.7. The Morgan fingerprint density at radius 2 is 2.00 bits per heavy atom. The number of ether oxygens (including phenoxy) is 2. The molecule has 0 saturated carbocycles. The van der Waals surface area contributed by atoms with Crippen LogP contribution in [0.3, 0.4) is 0 Å². The van der Waals surface area contributed by atoms with Crippen molar-refractivity contribution in [1.29, 1.82) is 0 Å². The first kappa shape index (κ1) is 20.6. The van der Waals surface area contributed by atoms with Crippen molar-refractivity contribution in [2.24, 2.45) is 0 Å². The van der Waals surface area contributed by atoms with E-state index in [2.05, 4.69) is 30.3 Å². The van der Waals surface area contributed by atoms with E-state index in [0.717, 1.165) is 21.4 Å². The van der Waals surface area contributed by atoms with Gasteiger partial charge in [-0.25, -0.2) is 17.7 Å². The Morgan fingerprint density at radius 1 is 1.17 bits per heavy atom. The van der Waals surface area contributed by atoms with Gasteiger partial charge in [-0.15, -0.1) is 0 Å².